The fourth-order valence-corrected chi connectivity index (χ4v) is 5.42. The Morgan fingerprint density at radius 1 is 1.03 bits per heavy atom. The van der Waals surface area contributed by atoms with E-state index in [4.69, 9.17) is 0 Å². The lowest BCUT2D eigenvalue weighted by Crippen LogP contribution is -2.44. The van der Waals surface area contributed by atoms with Crippen molar-refractivity contribution in [1.29, 1.82) is 0 Å². The van der Waals surface area contributed by atoms with Gasteiger partial charge in [-0.3, -0.25) is 19.3 Å². The van der Waals surface area contributed by atoms with Crippen LogP contribution in [0.25, 0.3) is 11.8 Å². The highest BCUT2D eigenvalue weighted by Crippen LogP contribution is 2.34. The summed E-state index contributed by atoms with van der Waals surface area (Å²) in [6.07, 6.45) is 4.85. The topological polar surface area (TPSA) is 62.6 Å². The number of rotatable bonds is 4. The number of carbonyl (C=O) groups is 3. The summed E-state index contributed by atoms with van der Waals surface area (Å²) < 4.78 is 2.20. The number of amides is 3. The number of aromatic nitrogens is 1. The van der Waals surface area contributed by atoms with E-state index in [9.17, 15) is 14.4 Å². The van der Waals surface area contributed by atoms with Crippen LogP contribution in [0.1, 0.15) is 47.3 Å². The Hall–Kier alpha value is -2.80. The number of imide groups is 1. The molecule has 6 nitrogen and oxygen atoms in total. The van der Waals surface area contributed by atoms with Crippen molar-refractivity contribution in [2.45, 2.75) is 47.0 Å². The van der Waals surface area contributed by atoms with Gasteiger partial charge in [0.15, 0.2) is 0 Å². The number of likely N-dealkylation sites (tertiary alicyclic amines) is 1. The maximum absolute atomic E-state index is 13.0. The number of benzene rings is 1. The SMILES string of the molecule is Cc1cccc(C)c1-n1c(C)cc(C=C2SC(=O)N(CC(=O)N3CCCCC3)C2=O)c1C. The van der Waals surface area contributed by atoms with Crippen molar-refractivity contribution in [3.63, 3.8) is 0 Å². The lowest BCUT2D eigenvalue weighted by molar-refractivity contribution is -0.136. The summed E-state index contributed by atoms with van der Waals surface area (Å²) in [6, 6.07) is 8.26. The average Bonchev–Trinajstić information content (AvgIpc) is 3.18. The van der Waals surface area contributed by atoms with Crippen LogP contribution in [0.4, 0.5) is 4.79 Å². The van der Waals surface area contributed by atoms with E-state index in [1.807, 2.05) is 26.0 Å². The predicted octanol–water partition coefficient (Wildman–Crippen LogP) is 4.76. The molecular weight excluding hydrogens is 422 g/mol. The number of carbonyl (C=O) groups excluding carboxylic acids is 3. The Morgan fingerprint density at radius 3 is 2.34 bits per heavy atom. The molecule has 2 fully saturated rings. The second-order valence-corrected chi connectivity index (χ2v) is 9.60. The molecule has 2 aliphatic heterocycles. The van der Waals surface area contributed by atoms with Crippen molar-refractivity contribution in [1.82, 2.24) is 14.4 Å². The van der Waals surface area contributed by atoms with Gasteiger partial charge < -0.3 is 9.47 Å². The van der Waals surface area contributed by atoms with Crippen LogP contribution in [0.3, 0.4) is 0 Å². The zero-order valence-corrected chi connectivity index (χ0v) is 19.9. The lowest BCUT2D eigenvalue weighted by atomic mass is 10.1. The van der Waals surface area contributed by atoms with Gasteiger partial charge in [-0.2, -0.15) is 0 Å². The van der Waals surface area contributed by atoms with Gasteiger partial charge in [0.1, 0.15) is 6.54 Å². The molecule has 0 aliphatic carbocycles. The lowest BCUT2D eigenvalue weighted by Gasteiger charge is -2.27. The van der Waals surface area contributed by atoms with Gasteiger partial charge in [0.25, 0.3) is 11.1 Å². The molecule has 4 rings (SSSR count). The van der Waals surface area contributed by atoms with Crippen LogP contribution in [-0.2, 0) is 9.59 Å². The molecule has 7 heteroatoms. The fraction of sp³-hybridized carbons (Fsp3) is 0.400. The van der Waals surface area contributed by atoms with Crippen LogP contribution in [0.2, 0.25) is 0 Å². The number of hydrogen-bond donors (Lipinski definition) is 0. The molecule has 0 saturated carbocycles. The van der Waals surface area contributed by atoms with Crippen LogP contribution < -0.4 is 0 Å². The summed E-state index contributed by atoms with van der Waals surface area (Å²) in [7, 11) is 0. The third-order valence-corrected chi connectivity index (χ3v) is 7.20. The van der Waals surface area contributed by atoms with E-state index in [1.54, 1.807) is 11.0 Å². The Balaban J connectivity index is 1.59. The maximum atomic E-state index is 13.0. The normalized spacial score (nSPS) is 18.2. The Morgan fingerprint density at radius 2 is 1.69 bits per heavy atom. The van der Waals surface area contributed by atoms with Gasteiger partial charge in [0.2, 0.25) is 5.91 Å². The summed E-state index contributed by atoms with van der Waals surface area (Å²) in [5.74, 6) is -0.538. The molecule has 32 heavy (non-hydrogen) atoms. The van der Waals surface area contributed by atoms with Gasteiger partial charge in [0, 0.05) is 24.5 Å². The molecule has 0 spiro atoms. The molecule has 2 aromatic rings. The van der Waals surface area contributed by atoms with Crippen LogP contribution in [0.5, 0.6) is 0 Å². The van der Waals surface area contributed by atoms with Crippen molar-refractivity contribution in [3.05, 3.63) is 57.2 Å². The highest BCUT2D eigenvalue weighted by Gasteiger charge is 2.37. The molecule has 3 amide bonds. The monoisotopic (exact) mass is 451 g/mol. The largest absolute Gasteiger partial charge is 0.341 e. The average molecular weight is 452 g/mol. The van der Waals surface area contributed by atoms with E-state index in [0.29, 0.717) is 18.0 Å². The minimum absolute atomic E-state index is 0.151. The molecule has 0 N–H and O–H groups in total. The van der Waals surface area contributed by atoms with Gasteiger partial charge in [0.05, 0.1) is 10.6 Å². The standard InChI is InChI=1S/C25H29N3O3S/c1-16-9-8-10-17(2)23(16)28-18(3)13-20(19(28)4)14-21-24(30)27(25(31)32-21)15-22(29)26-11-6-5-7-12-26/h8-10,13-14H,5-7,11-12,15H2,1-4H3. The van der Waals surface area contributed by atoms with Crippen molar-refractivity contribution in [3.8, 4) is 5.69 Å². The molecule has 0 atom stereocenters. The molecule has 0 radical (unpaired) electrons. The minimum atomic E-state index is -0.387. The van der Waals surface area contributed by atoms with Gasteiger partial charge in [-0.05, 0) is 87.6 Å². The fourth-order valence-electron chi connectivity index (χ4n) is 4.59. The highest BCUT2D eigenvalue weighted by molar-refractivity contribution is 8.18. The molecule has 1 aromatic carbocycles. The molecular formula is C25H29N3O3S. The van der Waals surface area contributed by atoms with Crippen LogP contribution in [0.15, 0.2) is 29.2 Å². The summed E-state index contributed by atoms with van der Waals surface area (Å²) >= 11 is 0.910. The molecule has 3 heterocycles. The van der Waals surface area contributed by atoms with Crippen molar-refractivity contribution in [2.75, 3.05) is 19.6 Å². The number of hydrogen-bond acceptors (Lipinski definition) is 4. The van der Waals surface area contributed by atoms with Gasteiger partial charge >= 0.3 is 0 Å². The molecule has 168 valence electrons. The highest BCUT2D eigenvalue weighted by atomic mass is 32.2. The number of para-hydroxylation sites is 1. The number of nitrogens with zero attached hydrogens (tertiary/aromatic N) is 3. The van der Waals surface area contributed by atoms with Gasteiger partial charge in [-0.25, -0.2) is 0 Å². The van der Waals surface area contributed by atoms with E-state index in [1.165, 1.54) is 11.1 Å². The molecule has 0 unspecified atom stereocenters. The predicted molar refractivity (Wildman–Crippen MR) is 128 cm³/mol. The second-order valence-electron chi connectivity index (χ2n) is 8.61. The molecule has 1 aromatic heterocycles. The third kappa shape index (κ3) is 4.13. The molecule has 0 bridgehead atoms. The zero-order valence-electron chi connectivity index (χ0n) is 19.1. The Bertz CT molecular complexity index is 1110. The minimum Gasteiger partial charge on any atom is -0.341 e. The van der Waals surface area contributed by atoms with Crippen LogP contribution in [0, 0.1) is 27.7 Å². The van der Waals surface area contributed by atoms with E-state index in [-0.39, 0.29) is 23.6 Å². The first kappa shape index (κ1) is 22.4. The molecule has 2 aliphatic rings. The van der Waals surface area contributed by atoms with Gasteiger partial charge in [-0.1, -0.05) is 18.2 Å². The van der Waals surface area contributed by atoms with E-state index >= 15 is 0 Å². The Labute approximate surface area is 193 Å². The second kappa shape index (κ2) is 8.98. The summed E-state index contributed by atoms with van der Waals surface area (Å²) in [4.78, 5) is 41.3. The van der Waals surface area contributed by atoms with Crippen molar-refractivity contribution in [2.24, 2.45) is 0 Å². The summed E-state index contributed by atoms with van der Waals surface area (Å²) in [5, 5.41) is -0.379. The summed E-state index contributed by atoms with van der Waals surface area (Å²) in [6.45, 7) is 9.47. The van der Waals surface area contributed by atoms with E-state index < -0.39 is 0 Å². The third-order valence-electron chi connectivity index (χ3n) is 6.30. The van der Waals surface area contributed by atoms with Crippen LogP contribution in [-0.4, -0.2) is 51.1 Å². The number of thioether (sulfide) groups is 1. The first-order chi connectivity index (χ1) is 15.3. The quantitative estimate of drug-likeness (QED) is 0.629. The van der Waals surface area contributed by atoms with Crippen LogP contribution >= 0.6 is 11.8 Å². The zero-order chi connectivity index (χ0) is 23.0. The van der Waals surface area contributed by atoms with Gasteiger partial charge in [-0.15, -0.1) is 0 Å². The molecule has 2 saturated heterocycles. The first-order valence-corrected chi connectivity index (χ1v) is 11.9. The van der Waals surface area contributed by atoms with Crippen molar-refractivity contribution < 1.29 is 14.4 Å². The Kier molecular flexibility index (Phi) is 6.29. The van der Waals surface area contributed by atoms with E-state index in [2.05, 4.69) is 30.5 Å². The number of piperidine rings is 1. The van der Waals surface area contributed by atoms with E-state index in [0.717, 1.165) is 58.6 Å². The smallest absolute Gasteiger partial charge is 0.294 e. The maximum Gasteiger partial charge on any atom is 0.294 e. The number of aryl methyl sites for hydroxylation is 3. The summed E-state index contributed by atoms with van der Waals surface area (Å²) in [5.41, 5.74) is 6.46. The first-order valence-electron chi connectivity index (χ1n) is 11.1. The van der Waals surface area contributed by atoms with Crippen molar-refractivity contribution >= 4 is 34.9 Å².